The van der Waals surface area contributed by atoms with Gasteiger partial charge < -0.3 is 10.2 Å². The predicted molar refractivity (Wildman–Crippen MR) is 106 cm³/mol. The van der Waals surface area contributed by atoms with E-state index < -0.39 is 12.1 Å². The molecule has 0 aliphatic heterocycles. The van der Waals surface area contributed by atoms with Gasteiger partial charge in [0.05, 0.1) is 6.10 Å². The third kappa shape index (κ3) is 19.8. The molecule has 1 unspecified atom stereocenters. The quantitative estimate of drug-likeness (QED) is 0.248. The maximum Gasteiger partial charge on any atom is 0.303 e. The fourth-order valence-corrected chi connectivity index (χ4v) is 1.93. The van der Waals surface area contributed by atoms with Crippen LogP contribution in [0.25, 0.3) is 0 Å². The van der Waals surface area contributed by atoms with E-state index in [0.29, 0.717) is 0 Å². The summed E-state index contributed by atoms with van der Waals surface area (Å²) in [5.74, 6) is -0.710. The molecule has 3 nitrogen and oxygen atoms in total. The second-order valence-electron chi connectivity index (χ2n) is 5.61. The first-order chi connectivity index (χ1) is 12.2. The average Bonchev–Trinajstić information content (AvgIpc) is 2.58. The van der Waals surface area contributed by atoms with E-state index in [9.17, 15) is 9.90 Å². The number of carboxylic acids is 1. The number of unbranched alkanes of at least 4 members (excludes halogenated alkanes) is 3. The summed E-state index contributed by atoms with van der Waals surface area (Å²) in [4.78, 5) is 10.3. The molecule has 25 heavy (non-hydrogen) atoms. The van der Waals surface area contributed by atoms with Crippen molar-refractivity contribution in [1.29, 1.82) is 0 Å². The summed E-state index contributed by atoms with van der Waals surface area (Å²) >= 11 is 0. The van der Waals surface area contributed by atoms with Crippen molar-refractivity contribution in [2.24, 2.45) is 0 Å². The predicted octanol–water partition coefficient (Wildman–Crippen LogP) is 5.52. The van der Waals surface area contributed by atoms with Crippen LogP contribution in [0.5, 0.6) is 0 Å². The molecule has 0 amide bonds. The Kier molecular flexibility index (Phi) is 16.7. The number of carboxylic acid groups (broad SMARTS) is 1. The van der Waals surface area contributed by atoms with E-state index in [4.69, 9.17) is 5.11 Å². The topological polar surface area (TPSA) is 57.5 Å². The molecule has 0 rings (SSSR count). The van der Waals surface area contributed by atoms with Gasteiger partial charge >= 0.3 is 5.97 Å². The van der Waals surface area contributed by atoms with Crippen LogP contribution in [0, 0.1) is 0 Å². The molecule has 0 bridgehead atoms. The van der Waals surface area contributed by atoms with Gasteiger partial charge in [-0.15, -0.1) is 0 Å². The first-order valence-corrected chi connectivity index (χ1v) is 9.05. The molecule has 0 saturated carbocycles. The molecule has 1 atom stereocenters. The Hall–Kier alpha value is -2.13. The van der Waals surface area contributed by atoms with Crippen LogP contribution in [0.4, 0.5) is 0 Å². The van der Waals surface area contributed by atoms with Crippen molar-refractivity contribution in [3.05, 3.63) is 72.9 Å². The number of aliphatic hydroxyl groups excluding tert-OH is 1. The molecular formula is C22H32O3. The van der Waals surface area contributed by atoms with Crippen LogP contribution in [0.1, 0.15) is 51.9 Å². The lowest BCUT2D eigenvalue weighted by atomic mass is 10.1. The number of allylic oxidation sites excluding steroid dienone is 10. The zero-order chi connectivity index (χ0) is 18.6. The van der Waals surface area contributed by atoms with Gasteiger partial charge in [-0.3, -0.25) is 4.79 Å². The molecule has 3 heteroatoms. The lowest BCUT2D eigenvalue weighted by Gasteiger charge is -1.94. The Bertz CT molecular complexity index is 493. The summed E-state index contributed by atoms with van der Waals surface area (Å²) in [6, 6.07) is 0. The SMILES string of the molecule is CC/C=C\C=C\C(O)/C=C/C=C\C=C/C/C=C\CCCCCC(=O)O. The minimum Gasteiger partial charge on any atom is -0.481 e. The number of carbonyl (C=O) groups is 1. The Balaban J connectivity index is 3.69. The lowest BCUT2D eigenvalue weighted by Crippen LogP contribution is -1.94. The second kappa shape index (κ2) is 18.2. The Morgan fingerprint density at radius 1 is 0.840 bits per heavy atom. The van der Waals surface area contributed by atoms with Crippen LogP contribution >= 0.6 is 0 Å². The molecule has 0 aromatic rings. The van der Waals surface area contributed by atoms with Crippen molar-refractivity contribution in [3.8, 4) is 0 Å². The molecular weight excluding hydrogens is 312 g/mol. The Morgan fingerprint density at radius 2 is 1.52 bits per heavy atom. The highest BCUT2D eigenvalue weighted by Crippen LogP contribution is 2.04. The van der Waals surface area contributed by atoms with E-state index in [-0.39, 0.29) is 6.42 Å². The zero-order valence-corrected chi connectivity index (χ0v) is 15.3. The van der Waals surface area contributed by atoms with Crippen LogP contribution in [-0.4, -0.2) is 22.3 Å². The molecule has 0 saturated heterocycles. The first kappa shape index (κ1) is 22.9. The van der Waals surface area contributed by atoms with Gasteiger partial charge in [-0.05, 0) is 32.1 Å². The highest BCUT2D eigenvalue weighted by atomic mass is 16.4. The monoisotopic (exact) mass is 344 g/mol. The standard InChI is InChI=1S/C22H32O3/c1-2-3-4-15-18-21(23)19-16-13-11-9-7-5-6-8-10-12-14-17-20-22(24)25/h3-4,6-9,11,13,15-16,18-19,21,23H,2,5,10,12,14,17,20H2,1H3,(H,24,25)/b4-3-,8-6-,9-7-,13-11-,18-15+,19-16+. The maximum absolute atomic E-state index is 10.3. The third-order valence-electron chi connectivity index (χ3n) is 3.27. The van der Waals surface area contributed by atoms with Crippen LogP contribution in [0.3, 0.4) is 0 Å². The fourth-order valence-electron chi connectivity index (χ4n) is 1.93. The minimum atomic E-state index is -0.710. The lowest BCUT2D eigenvalue weighted by molar-refractivity contribution is -0.137. The summed E-state index contributed by atoms with van der Waals surface area (Å²) in [5.41, 5.74) is 0. The molecule has 2 N–H and O–H groups in total. The number of aliphatic hydroxyl groups is 1. The summed E-state index contributed by atoms with van der Waals surface area (Å²) in [6.07, 6.45) is 28.6. The van der Waals surface area contributed by atoms with Crippen molar-refractivity contribution in [2.45, 2.75) is 58.0 Å². The zero-order valence-electron chi connectivity index (χ0n) is 15.3. The number of aliphatic carboxylic acids is 1. The van der Waals surface area contributed by atoms with E-state index in [0.717, 1.165) is 38.5 Å². The van der Waals surface area contributed by atoms with Gasteiger partial charge in [0.25, 0.3) is 0 Å². The normalized spacial score (nSPS) is 14.3. The molecule has 0 aromatic carbocycles. The summed E-state index contributed by atoms with van der Waals surface area (Å²) in [7, 11) is 0. The van der Waals surface area contributed by atoms with E-state index in [1.165, 1.54) is 0 Å². The van der Waals surface area contributed by atoms with Crippen molar-refractivity contribution in [3.63, 3.8) is 0 Å². The van der Waals surface area contributed by atoms with Crippen molar-refractivity contribution in [1.82, 2.24) is 0 Å². The summed E-state index contributed by atoms with van der Waals surface area (Å²) < 4.78 is 0. The minimum absolute atomic E-state index is 0.274. The largest absolute Gasteiger partial charge is 0.481 e. The van der Waals surface area contributed by atoms with Crippen LogP contribution < -0.4 is 0 Å². The molecule has 0 aliphatic rings. The van der Waals surface area contributed by atoms with Crippen molar-refractivity contribution < 1.29 is 15.0 Å². The smallest absolute Gasteiger partial charge is 0.303 e. The maximum atomic E-state index is 10.3. The van der Waals surface area contributed by atoms with E-state index >= 15 is 0 Å². The first-order valence-electron chi connectivity index (χ1n) is 9.05. The van der Waals surface area contributed by atoms with E-state index in [1.807, 2.05) is 42.5 Å². The van der Waals surface area contributed by atoms with Gasteiger partial charge in [0, 0.05) is 6.42 Å². The molecule has 0 heterocycles. The van der Waals surface area contributed by atoms with Crippen molar-refractivity contribution >= 4 is 5.97 Å². The summed E-state index contributed by atoms with van der Waals surface area (Å²) in [5, 5.41) is 18.2. The third-order valence-corrected chi connectivity index (χ3v) is 3.27. The van der Waals surface area contributed by atoms with Gasteiger partial charge in [-0.1, -0.05) is 86.3 Å². The summed E-state index contributed by atoms with van der Waals surface area (Å²) in [6.45, 7) is 2.07. The highest BCUT2D eigenvalue weighted by Gasteiger charge is 1.94. The van der Waals surface area contributed by atoms with Crippen LogP contribution in [0.2, 0.25) is 0 Å². The highest BCUT2D eigenvalue weighted by molar-refractivity contribution is 5.66. The van der Waals surface area contributed by atoms with Gasteiger partial charge in [0.2, 0.25) is 0 Å². The van der Waals surface area contributed by atoms with Gasteiger partial charge in [0.15, 0.2) is 0 Å². The van der Waals surface area contributed by atoms with Gasteiger partial charge in [-0.2, -0.15) is 0 Å². The Morgan fingerprint density at radius 3 is 2.24 bits per heavy atom. The van der Waals surface area contributed by atoms with Crippen LogP contribution in [0.15, 0.2) is 72.9 Å². The number of hydrogen-bond donors (Lipinski definition) is 2. The van der Waals surface area contributed by atoms with E-state index in [2.05, 4.69) is 25.2 Å². The van der Waals surface area contributed by atoms with Crippen molar-refractivity contribution in [2.75, 3.05) is 0 Å². The Labute approximate surface area is 152 Å². The molecule has 0 spiro atoms. The van der Waals surface area contributed by atoms with Gasteiger partial charge in [0.1, 0.15) is 0 Å². The second-order valence-corrected chi connectivity index (χ2v) is 5.61. The molecule has 0 radical (unpaired) electrons. The molecule has 0 aromatic heterocycles. The van der Waals surface area contributed by atoms with E-state index in [1.54, 1.807) is 12.2 Å². The van der Waals surface area contributed by atoms with Crippen LogP contribution in [-0.2, 0) is 4.79 Å². The fraction of sp³-hybridized carbons (Fsp3) is 0.409. The molecule has 0 aliphatic carbocycles. The number of hydrogen-bond acceptors (Lipinski definition) is 2. The average molecular weight is 344 g/mol. The van der Waals surface area contributed by atoms with Gasteiger partial charge in [-0.25, -0.2) is 0 Å². The molecule has 0 fully saturated rings. The molecule has 138 valence electrons. The number of rotatable bonds is 14.